The summed E-state index contributed by atoms with van der Waals surface area (Å²) in [6, 6.07) is 4.77. The molecule has 0 aliphatic rings. The van der Waals surface area contributed by atoms with Crippen molar-refractivity contribution in [2.45, 2.75) is 18.2 Å². The first-order valence-corrected chi connectivity index (χ1v) is 6.39. The highest BCUT2D eigenvalue weighted by molar-refractivity contribution is 7.98. The van der Waals surface area contributed by atoms with E-state index in [4.69, 9.17) is 10.5 Å². The molecule has 2 N–H and O–H groups in total. The van der Waals surface area contributed by atoms with E-state index >= 15 is 0 Å². The minimum Gasteiger partial charge on any atom is -0.396 e. The minimum absolute atomic E-state index is 0.0682. The average molecular weight is 241 g/mol. The Balaban J connectivity index is 2.96. The van der Waals surface area contributed by atoms with Gasteiger partial charge >= 0.3 is 0 Å². The number of thioether (sulfide) groups is 1. The Labute approximate surface area is 99.4 Å². The quantitative estimate of drug-likeness (QED) is 0.615. The number of aliphatic hydroxyl groups is 1. The van der Waals surface area contributed by atoms with Crippen molar-refractivity contribution in [3.05, 3.63) is 29.6 Å². The highest BCUT2D eigenvalue weighted by Crippen LogP contribution is 2.21. The lowest BCUT2D eigenvalue weighted by molar-refractivity contribution is 0.258. The standard InChI is InChI=1S/C12H16FNOS/c1-3-8(7-15)12(14)9-4-5-11(16-2)10(13)6-9/h4-6,8,14-15H,3,7H2,1-2H3. The molecule has 1 aromatic rings. The van der Waals surface area contributed by atoms with Crippen molar-refractivity contribution in [2.24, 2.45) is 5.92 Å². The largest absolute Gasteiger partial charge is 0.396 e. The lowest BCUT2D eigenvalue weighted by atomic mass is 9.95. The fraction of sp³-hybridized carbons (Fsp3) is 0.417. The van der Waals surface area contributed by atoms with Crippen LogP contribution in [0.3, 0.4) is 0 Å². The molecule has 0 aliphatic heterocycles. The van der Waals surface area contributed by atoms with Crippen LogP contribution in [0, 0.1) is 17.1 Å². The van der Waals surface area contributed by atoms with E-state index in [9.17, 15) is 4.39 Å². The number of halogens is 1. The van der Waals surface area contributed by atoms with Gasteiger partial charge in [0.05, 0.1) is 6.61 Å². The summed E-state index contributed by atoms with van der Waals surface area (Å²) in [5, 5.41) is 17.0. The van der Waals surface area contributed by atoms with Crippen LogP contribution >= 0.6 is 11.8 Å². The number of benzene rings is 1. The maximum absolute atomic E-state index is 13.5. The van der Waals surface area contributed by atoms with E-state index in [1.54, 1.807) is 12.1 Å². The van der Waals surface area contributed by atoms with Gasteiger partial charge < -0.3 is 10.5 Å². The Bertz CT molecular complexity index is 377. The first kappa shape index (κ1) is 13.2. The predicted molar refractivity (Wildman–Crippen MR) is 65.9 cm³/mol. The summed E-state index contributed by atoms with van der Waals surface area (Å²) in [5.74, 6) is -0.512. The van der Waals surface area contributed by atoms with E-state index < -0.39 is 0 Å². The molecule has 1 atom stereocenters. The van der Waals surface area contributed by atoms with Gasteiger partial charge in [0.25, 0.3) is 0 Å². The summed E-state index contributed by atoms with van der Waals surface area (Å²) in [4.78, 5) is 0.577. The van der Waals surface area contributed by atoms with Crippen molar-refractivity contribution in [3.8, 4) is 0 Å². The average Bonchev–Trinajstić information content (AvgIpc) is 2.30. The van der Waals surface area contributed by atoms with Crippen molar-refractivity contribution in [1.82, 2.24) is 0 Å². The predicted octanol–water partition coefficient (Wildman–Crippen LogP) is 2.93. The molecule has 16 heavy (non-hydrogen) atoms. The Morgan fingerprint density at radius 3 is 2.69 bits per heavy atom. The molecule has 2 nitrogen and oxygen atoms in total. The molecular formula is C12H16FNOS. The molecular weight excluding hydrogens is 225 g/mol. The molecule has 0 aromatic heterocycles. The van der Waals surface area contributed by atoms with Crippen molar-refractivity contribution in [1.29, 1.82) is 5.41 Å². The number of nitrogens with one attached hydrogen (secondary N) is 1. The second kappa shape index (κ2) is 6.01. The molecule has 4 heteroatoms. The Kier molecular flexibility index (Phi) is 4.96. The fourth-order valence-corrected chi connectivity index (χ4v) is 1.95. The van der Waals surface area contributed by atoms with Crippen LogP contribution in [-0.2, 0) is 0 Å². The van der Waals surface area contributed by atoms with Crippen LogP contribution < -0.4 is 0 Å². The topological polar surface area (TPSA) is 44.1 Å². The Morgan fingerprint density at radius 1 is 1.56 bits per heavy atom. The van der Waals surface area contributed by atoms with Crippen LogP contribution in [0.1, 0.15) is 18.9 Å². The summed E-state index contributed by atoms with van der Waals surface area (Å²) >= 11 is 1.34. The normalized spacial score (nSPS) is 12.5. The molecule has 0 spiro atoms. The molecule has 88 valence electrons. The number of rotatable bonds is 5. The zero-order valence-corrected chi connectivity index (χ0v) is 10.3. The van der Waals surface area contributed by atoms with E-state index in [0.29, 0.717) is 22.6 Å². The molecule has 0 fully saturated rings. The summed E-state index contributed by atoms with van der Waals surface area (Å²) < 4.78 is 13.5. The third-order valence-corrected chi connectivity index (χ3v) is 3.36. The summed E-state index contributed by atoms with van der Waals surface area (Å²) in [6.45, 7) is 1.84. The fourth-order valence-electron chi connectivity index (χ4n) is 1.49. The van der Waals surface area contributed by atoms with Gasteiger partial charge in [0.1, 0.15) is 5.82 Å². The van der Waals surface area contributed by atoms with Gasteiger partial charge in [0.2, 0.25) is 0 Å². The molecule has 1 aromatic carbocycles. The van der Waals surface area contributed by atoms with E-state index in [1.165, 1.54) is 17.8 Å². The number of hydrogen-bond acceptors (Lipinski definition) is 3. The third kappa shape index (κ3) is 2.83. The maximum Gasteiger partial charge on any atom is 0.137 e. The molecule has 0 aliphatic carbocycles. The lowest BCUT2D eigenvalue weighted by Crippen LogP contribution is -2.18. The van der Waals surface area contributed by atoms with E-state index in [2.05, 4.69) is 0 Å². The van der Waals surface area contributed by atoms with Gasteiger partial charge in [-0.3, -0.25) is 0 Å². The van der Waals surface area contributed by atoms with Crippen LogP contribution in [0.4, 0.5) is 4.39 Å². The molecule has 0 saturated heterocycles. The molecule has 1 unspecified atom stereocenters. The van der Waals surface area contributed by atoms with Gasteiger partial charge in [0.15, 0.2) is 0 Å². The van der Waals surface area contributed by atoms with Gasteiger partial charge in [0, 0.05) is 16.5 Å². The van der Waals surface area contributed by atoms with Crippen molar-refractivity contribution >= 4 is 17.5 Å². The minimum atomic E-state index is -0.303. The van der Waals surface area contributed by atoms with Gasteiger partial charge in [-0.05, 0) is 30.4 Å². The highest BCUT2D eigenvalue weighted by Gasteiger charge is 2.14. The van der Waals surface area contributed by atoms with Crippen molar-refractivity contribution in [3.63, 3.8) is 0 Å². The van der Waals surface area contributed by atoms with Crippen LogP contribution in [0.2, 0.25) is 0 Å². The first-order chi connectivity index (χ1) is 7.63. The van der Waals surface area contributed by atoms with Gasteiger partial charge in [-0.15, -0.1) is 11.8 Å². The maximum atomic E-state index is 13.5. The van der Waals surface area contributed by atoms with Crippen molar-refractivity contribution in [2.75, 3.05) is 12.9 Å². The summed E-state index contributed by atoms with van der Waals surface area (Å²) in [6.07, 6.45) is 2.49. The second-order valence-corrected chi connectivity index (χ2v) is 4.40. The smallest absolute Gasteiger partial charge is 0.137 e. The van der Waals surface area contributed by atoms with Crippen LogP contribution in [-0.4, -0.2) is 23.7 Å². The lowest BCUT2D eigenvalue weighted by Gasteiger charge is -2.14. The zero-order chi connectivity index (χ0) is 12.1. The van der Waals surface area contributed by atoms with Crippen LogP contribution in [0.15, 0.2) is 23.1 Å². The van der Waals surface area contributed by atoms with Gasteiger partial charge in [-0.25, -0.2) is 4.39 Å². The van der Waals surface area contributed by atoms with Gasteiger partial charge in [-0.1, -0.05) is 13.0 Å². The molecule has 0 heterocycles. The highest BCUT2D eigenvalue weighted by atomic mass is 32.2. The van der Waals surface area contributed by atoms with Crippen LogP contribution in [0.25, 0.3) is 0 Å². The van der Waals surface area contributed by atoms with Crippen molar-refractivity contribution < 1.29 is 9.50 Å². The number of aliphatic hydroxyl groups excluding tert-OH is 1. The Hall–Kier alpha value is -0.870. The summed E-state index contributed by atoms with van der Waals surface area (Å²) in [7, 11) is 0. The molecule has 1 rings (SSSR count). The van der Waals surface area contributed by atoms with E-state index in [1.807, 2.05) is 13.2 Å². The zero-order valence-electron chi connectivity index (χ0n) is 9.46. The second-order valence-electron chi connectivity index (χ2n) is 3.55. The third-order valence-electron chi connectivity index (χ3n) is 2.58. The monoisotopic (exact) mass is 241 g/mol. The van der Waals surface area contributed by atoms with Crippen LogP contribution in [0.5, 0.6) is 0 Å². The molecule has 0 radical (unpaired) electrons. The molecule has 0 bridgehead atoms. The Morgan fingerprint density at radius 2 is 2.25 bits per heavy atom. The number of hydrogen-bond donors (Lipinski definition) is 2. The molecule has 0 saturated carbocycles. The van der Waals surface area contributed by atoms with E-state index in [0.717, 1.165) is 0 Å². The first-order valence-electron chi connectivity index (χ1n) is 5.17. The van der Waals surface area contributed by atoms with E-state index in [-0.39, 0.29) is 18.3 Å². The molecule has 0 amide bonds. The SMILES string of the molecule is CCC(CO)C(=N)c1ccc(SC)c(F)c1. The summed E-state index contributed by atoms with van der Waals surface area (Å²) in [5.41, 5.74) is 0.854. The van der Waals surface area contributed by atoms with Gasteiger partial charge in [-0.2, -0.15) is 0 Å².